The molecule has 0 aliphatic carbocycles. The molecular weight excluding hydrogens is 332 g/mol. The monoisotopic (exact) mass is 360 g/mol. The van der Waals surface area contributed by atoms with Crippen LogP contribution >= 0.6 is 11.8 Å². The first kappa shape index (κ1) is 18.1. The molecule has 1 atom stereocenters. The summed E-state index contributed by atoms with van der Waals surface area (Å²) in [5, 5.41) is 6.54. The predicted molar refractivity (Wildman–Crippen MR) is 105 cm³/mol. The summed E-state index contributed by atoms with van der Waals surface area (Å²) in [6.45, 7) is 4.95. The minimum atomic E-state index is 0.124. The van der Waals surface area contributed by atoms with E-state index in [1.54, 1.807) is 7.05 Å². The fourth-order valence-electron chi connectivity index (χ4n) is 3.45. The summed E-state index contributed by atoms with van der Waals surface area (Å²) in [7, 11) is 1.75. The van der Waals surface area contributed by atoms with Crippen LogP contribution in [0.3, 0.4) is 0 Å². The van der Waals surface area contributed by atoms with Gasteiger partial charge in [-0.25, -0.2) is 0 Å². The smallest absolute Gasteiger partial charge is 0.242 e. The van der Waals surface area contributed by atoms with Crippen molar-refractivity contribution in [1.29, 1.82) is 0 Å². The third kappa shape index (κ3) is 4.69. The van der Waals surface area contributed by atoms with E-state index in [0.29, 0.717) is 12.5 Å². The normalized spacial score (nSPS) is 23.3. The number of aliphatic imine (C=N–C) groups is 1. The summed E-state index contributed by atoms with van der Waals surface area (Å²) in [6, 6.07) is 8.38. The molecule has 1 saturated heterocycles. The molecule has 0 spiro atoms. The van der Waals surface area contributed by atoms with Gasteiger partial charge in [-0.15, -0.1) is 0 Å². The molecule has 6 heteroatoms. The molecule has 1 amide bonds. The number of hydrogen-bond acceptors (Lipinski definition) is 3. The van der Waals surface area contributed by atoms with Gasteiger partial charge < -0.3 is 15.5 Å². The Morgan fingerprint density at radius 1 is 1.32 bits per heavy atom. The van der Waals surface area contributed by atoms with Gasteiger partial charge in [-0.1, -0.05) is 24.3 Å². The van der Waals surface area contributed by atoms with Gasteiger partial charge in [0, 0.05) is 31.4 Å². The number of nitrogens with one attached hydrogen (secondary N) is 2. The van der Waals surface area contributed by atoms with E-state index < -0.39 is 0 Å². The molecule has 1 aromatic rings. The van der Waals surface area contributed by atoms with Crippen molar-refractivity contribution in [3.05, 3.63) is 35.4 Å². The van der Waals surface area contributed by atoms with Crippen molar-refractivity contribution < 1.29 is 4.79 Å². The molecule has 0 radical (unpaired) electrons. The van der Waals surface area contributed by atoms with Crippen LogP contribution < -0.4 is 10.6 Å². The van der Waals surface area contributed by atoms with Crippen LogP contribution in [0.5, 0.6) is 0 Å². The predicted octanol–water partition coefficient (Wildman–Crippen LogP) is 2.02. The van der Waals surface area contributed by atoms with Crippen LogP contribution in [0.15, 0.2) is 29.3 Å². The molecule has 136 valence electrons. The first-order valence-electron chi connectivity index (χ1n) is 9.03. The largest absolute Gasteiger partial charge is 0.355 e. The molecule has 0 bridgehead atoms. The number of carbonyl (C=O) groups excluding carboxylic acids is 1. The zero-order chi connectivity index (χ0) is 17.7. The third-order valence-corrected chi connectivity index (χ3v) is 6.58. The van der Waals surface area contributed by atoms with E-state index in [1.165, 1.54) is 29.7 Å². The van der Waals surface area contributed by atoms with Crippen LogP contribution in [0.4, 0.5) is 0 Å². The molecule has 5 nitrogen and oxygen atoms in total. The zero-order valence-corrected chi connectivity index (χ0v) is 16.0. The quantitative estimate of drug-likeness (QED) is 0.637. The van der Waals surface area contributed by atoms with Crippen molar-refractivity contribution in [2.24, 2.45) is 4.99 Å². The van der Waals surface area contributed by atoms with Gasteiger partial charge in [-0.05, 0) is 43.1 Å². The van der Waals surface area contributed by atoms with Crippen molar-refractivity contribution in [1.82, 2.24) is 15.5 Å². The summed E-state index contributed by atoms with van der Waals surface area (Å²) in [5.74, 6) is 2.07. The van der Waals surface area contributed by atoms with Crippen molar-refractivity contribution in [3.63, 3.8) is 0 Å². The van der Waals surface area contributed by atoms with Gasteiger partial charge >= 0.3 is 0 Å². The molecular formula is C19H28N4OS. The molecule has 1 fully saturated rings. The summed E-state index contributed by atoms with van der Waals surface area (Å²) in [5.41, 5.74) is 2.62. The number of thioether (sulfide) groups is 1. The number of guanidine groups is 1. The number of rotatable bonds is 4. The number of benzene rings is 1. The zero-order valence-electron chi connectivity index (χ0n) is 15.2. The lowest BCUT2D eigenvalue weighted by molar-refractivity contribution is -0.130. The lowest BCUT2D eigenvalue weighted by Crippen LogP contribution is -2.48. The van der Waals surface area contributed by atoms with Gasteiger partial charge in [-0.2, -0.15) is 11.8 Å². The van der Waals surface area contributed by atoms with Crippen LogP contribution in [-0.4, -0.2) is 53.9 Å². The molecule has 0 saturated carbocycles. The molecule has 2 aliphatic heterocycles. The number of amides is 1. The van der Waals surface area contributed by atoms with Crippen LogP contribution in [0, 0.1) is 0 Å². The SMILES string of the molecule is CN=C(NCC(=O)N1CCc2ccccc2C1)NCC1(C)CCCS1. The molecule has 25 heavy (non-hydrogen) atoms. The number of carbonyl (C=O) groups is 1. The Hall–Kier alpha value is -1.69. The average Bonchev–Trinajstić information content (AvgIpc) is 3.08. The maximum Gasteiger partial charge on any atom is 0.242 e. The van der Waals surface area contributed by atoms with E-state index in [9.17, 15) is 4.79 Å². The Labute approximate surface area is 154 Å². The lowest BCUT2D eigenvalue weighted by Gasteiger charge is -2.29. The highest BCUT2D eigenvalue weighted by molar-refractivity contribution is 8.00. The molecule has 2 N–H and O–H groups in total. The van der Waals surface area contributed by atoms with Gasteiger partial charge in [0.15, 0.2) is 5.96 Å². The van der Waals surface area contributed by atoms with Gasteiger partial charge in [0.25, 0.3) is 0 Å². The summed E-state index contributed by atoms with van der Waals surface area (Å²) < 4.78 is 0.276. The molecule has 2 aliphatic rings. The number of fused-ring (bicyclic) bond motifs is 1. The fourth-order valence-corrected chi connectivity index (χ4v) is 4.69. The van der Waals surface area contributed by atoms with Crippen molar-refractivity contribution in [3.8, 4) is 0 Å². The van der Waals surface area contributed by atoms with E-state index in [2.05, 4.69) is 40.7 Å². The van der Waals surface area contributed by atoms with Gasteiger partial charge in [0.2, 0.25) is 5.91 Å². The van der Waals surface area contributed by atoms with E-state index in [4.69, 9.17) is 0 Å². The average molecular weight is 361 g/mol. The molecule has 2 heterocycles. The second kappa shape index (κ2) is 8.13. The first-order valence-corrected chi connectivity index (χ1v) is 10.0. The van der Waals surface area contributed by atoms with Crippen molar-refractivity contribution in [2.75, 3.05) is 32.4 Å². The topological polar surface area (TPSA) is 56.7 Å². The van der Waals surface area contributed by atoms with Crippen molar-refractivity contribution in [2.45, 2.75) is 37.5 Å². The Kier molecular flexibility index (Phi) is 5.89. The van der Waals surface area contributed by atoms with E-state index >= 15 is 0 Å². The van der Waals surface area contributed by atoms with Gasteiger partial charge in [-0.3, -0.25) is 9.79 Å². The third-order valence-electron chi connectivity index (χ3n) is 5.04. The standard InChI is InChI=1S/C19H28N4OS/c1-19(9-5-11-25-19)14-22-18(20-2)21-12-17(24)23-10-8-15-6-3-4-7-16(15)13-23/h3-4,6-7H,5,8-14H2,1-2H3,(H2,20,21,22). The van der Waals surface area contributed by atoms with Gasteiger partial charge in [0.1, 0.15) is 0 Å². The highest BCUT2D eigenvalue weighted by atomic mass is 32.2. The Balaban J connectivity index is 1.46. The maximum absolute atomic E-state index is 12.5. The summed E-state index contributed by atoms with van der Waals surface area (Å²) in [6.07, 6.45) is 3.45. The fraction of sp³-hybridized carbons (Fsp3) is 0.579. The van der Waals surface area contributed by atoms with Crippen LogP contribution in [0.2, 0.25) is 0 Å². The van der Waals surface area contributed by atoms with E-state index in [0.717, 1.165) is 19.5 Å². The Morgan fingerprint density at radius 3 is 2.84 bits per heavy atom. The van der Waals surface area contributed by atoms with Gasteiger partial charge in [0.05, 0.1) is 6.54 Å². The highest BCUT2D eigenvalue weighted by Gasteiger charge is 2.29. The second-order valence-corrected chi connectivity index (χ2v) is 8.70. The maximum atomic E-state index is 12.5. The Bertz CT molecular complexity index is 640. The van der Waals surface area contributed by atoms with Crippen LogP contribution in [-0.2, 0) is 17.8 Å². The lowest BCUT2D eigenvalue weighted by atomic mass is 10.00. The summed E-state index contributed by atoms with van der Waals surface area (Å²) >= 11 is 2.02. The first-order chi connectivity index (χ1) is 12.1. The minimum absolute atomic E-state index is 0.124. The Morgan fingerprint density at radius 2 is 2.12 bits per heavy atom. The second-order valence-electron chi connectivity index (χ2n) is 7.02. The molecule has 1 unspecified atom stereocenters. The minimum Gasteiger partial charge on any atom is -0.355 e. The van der Waals surface area contributed by atoms with Crippen LogP contribution in [0.25, 0.3) is 0 Å². The van der Waals surface area contributed by atoms with Crippen molar-refractivity contribution >= 4 is 23.6 Å². The summed E-state index contributed by atoms with van der Waals surface area (Å²) in [4.78, 5) is 18.7. The number of nitrogens with zero attached hydrogens (tertiary/aromatic N) is 2. The number of hydrogen-bond donors (Lipinski definition) is 2. The van der Waals surface area contributed by atoms with Crippen LogP contribution in [0.1, 0.15) is 30.9 Å². The van der Waals surface area contributed by atoms with E-state index in [1.807, 2.05) is 22.7 Å². The molecule has 3 rings (SSSR count). The van der Waals surface area contributed by atoms with E-state index in [-0.39, 0.29) is 17.2 Å². The molecule has 0 aromatic heterocycles. The molecule has 1 aromatic carbocycles. The highest BCUT2D eigenvalue weighted by Crippen LogP contribution is 2.36.